The van der Waals surface area contributed by atoms with E-state index in [1.807, 2.05) is 13.0 Å². The smallest absolute Gasteiger partial charge is 0.227 e. The zero-order valence-electron chi connectivity index (χ0n) is 14.2. The number of piperidine rings is 1. The number of benzene rings is 1. The van der Waals surface area contributed by atoms with Gasteiger partial charge in [0, 0.05) is 12.6 Å². The fourth-order valence-electron chi connectivity index (χ4n) is 3.29. The van der Waals surface area contributed by atoms with Crippen molar-refractivity contribution < 1.29 is 9.32 Å². The number of likely N-dealkylation sites (tertiary alicyclic amines) is 1. The lowest BCUT2D eigenvalue weighted by Crippen LogP contribution is -2.41. The first-order valence-corrected chi connectivity index (χ1v) is 8.70. The number of amides is 1. The van der Waals surface area contributed by atoms with E-state index in [0.717, 1.165) is 18.8 Å². The van der Waals surface area contributed by atoms with E-state index in [1.165, 1.54) is 24.8 Å². The molecule has 1 amide bonds. The van der Waals surface area contributed by atoms with Crippen molar-refractivity contribution in [3.05, 3.63) is 53.4 Å². The molecule has 1 saturated heterocycles. The first-order chi connectivity index (χ1) is 11.7. The van der Waals surface area contributed by atoms with Crippen molar-refractivity contribution in [3.8, 4) is 0 Å². The number of carbonyl (C=O) groups is 1. The molecule has 0 bridgehead atoms. The maximum atomic E-state index is 12.2. The Morgan fingerprint density at radius 1 is 1.25 bits per heavy atom. The standard InChI is InChI=1S/C19H25N3O2/c1-15-12-17(24-21-15)13-19(23)20-14-18(16-8-4-2-5-9-16)22-10-6-3-7-11-22/h2,4-5,8-9,12,18H,3,6-7,10-11,13-14H2,1H3,(H,20,23)/t18-/m1/s1. The SMILES string of the molecule is Cc1cc(CC(=O)NC[C@H](c2ccccc2)N2CCCCC2)on1. The molecule has 24 heavy (non-hydrogen) atoms. The van der Waals surface area contributed by atoms with Crippen LogP contribution < -0.4 is 5.32 Å². The molecule has 0 aliphatic carbocycles. The Balaban J connectivity index is 1.62. The van der Waals surface area contributed by atoms with E-state index < -0.39 is 0 Å². The molecule has 2 heterocycles. The van der Waals surface area contributed by atoms with Crippen LogP contribution in [0.1, 0.15) is 42.3 Å². The Morgan fingerprint density at radius 2 is 2.00 bits per heavy atom. The quantitative estimate of drug-likeness (QED) is 0.886. The number of rotatable bonds is 6. The van der Waals surface area contributed by atoms with Crippen LogP contribution in [-0.2, 0) is 11.2 Å². The van der Waals surface area contributed by atoms with Gasteiger partial charge in [0.1, 0.15) is 5.76 Å². The molecule has 0 saturated carbocycles. The number of aromatic nitrogens is 1. The molecule has 5 heteroatoms. The number of hydrogen-bond acceptors (Lipinski definition) is 4. The second-order valence-electron chi connectivity index (χ2n) is 6.44. The fourth-order valence-corrected chi connectivity index (χ4v) is 3.29. The van der Waals surface area contributed by atoms with Crippen LogP contribution in [0.25, 0.3) is 0 Å². The van der Waals surface area contributed by atoms with E-state index in [0.29, 0.717) is 12.3 Å². The van der Waals surface area contributed by atoms with Crippen molar-refractivity contribution in [2.45, 2.75) is 38.6 Å². The number of hydrogen-bond donors (Lipinski definition) is 1. The summed E-state index contributed by atoms with van der Waals surface area (Å²) in [5, 5.41) is 6.89. The van der Waals surface area contributed by atoms with Gasteiger partial charge in [-0.15, -0.1) is 0 Å². The minimum absolute atomic E-state index is 0.0240. The van der Waals surface area contributed by atoms with Crippen molar-refractivity contribution >= 4 is 5.91 Å². The molecule has 1 aliphatic heterocycles. The van der Waals surface area contributed by atoms with Crippen LogP contribution in [0.3, 0.4) is 0 Å². The maximum Gasteiger partial charge on any atom is 0.227 e. The van der Waals surface area contributed by atoms with E-state index in [4.69, 9.17) is 4.52 Å². The number of nitrogens with one attached hydrogen (secondary N) is 1. The Morgan fingerprint density at radius 3 is 2.67 bits per heavy atom. The molecule has 0 spiro atoms. The second kappa shape index (κ2) is 8.11. The van der Waals surface area contributed by atoms with Gasteiger partial charge in [-0.3, -0.25) is 9.69 Å². The van der Waals surface area contributed by atoms with Gasteiger partial charge in [0.2, 0.25) is 5.91 Å². The molecular formula is C19H25N3O2. The van der Waals surface area contributed by atoms with Crippen LogP contribution in [-0.4, -0.2) is 35.6 Å². The highest BCUT2D eigenvalue weighted by Crippen LogP contribution is 2.24. The van der Waals surface area contributed by atoms with Gasteiger partial charge >= 0.3 is 0 Å². The van der Waals surface area contributed by atoms with Crippen LogP contribution in [0.4, 0.5) is 0 Å². The van der Waals surface area contributed by atoms with E-state index in [9.17, 15) is 4.79 Å². The highest BCUT2D eigenvalue weighted by Gasteiger charge is 2.22. The Labute approximate surface area is 143 Å². The van der Waals surface area contributed by atoms with Gasteiger partial charge in [0.15, 0.2) is 0 Å². The zero-order valence-corrected chi connectivity index (χ0v) is 14.2. The second-order valence-corrected chi connectivity index (χ2v) is 6.44. The third-order valence-corrected chi connectivity index (χ3v) is 4.52. The average Bonchev–Trinajstić information content (AvgIpc) is 3.02. The minimum atomic E-state index is -0.0240. The Hall–Kier alpha value is -2.14. The molecule has 1 atom stereocenters. The van der Waals surface area contributed by atoms with Crippen molar-refractivity contribution in [1.29, 1.82) is 0 Å². The predicted octanol–water partition coefficient (Wildman–Crippen LogP) is 2.87. The Kier molecular flexibility index (Phi) is 5.64. The topological polar surface area (TPSA) is 58.4 Å². The van der Waals surface area contributed by atoms with Gasteiger partial charge in [-0.05, 0) is 38.4 Å². The van der Waals surface area contributed by atoms with E-state index >= 15 is 0 Å². The predicted molar refractivity (Wildman–Crippen MR) is 92.6 cm³/mol. The lowest BCUT2D eigenvalue weighted by atomic mass is 10.0. The van der Waals surface area contributed by atoms with Gasteiger partial charge in [0.25, 0.3) is 0 Å². The summed E-state index contributed by atoms with van der Waals surface area (Å²) >= 11 is 0. The molecule has 1 N–H and O–H groups in total. The van der Waals surface area contributed by atoms with Crippen molar-refractivity contribution in [2.75, 3.05) is 19.6 Å². The molecular weight excluding hydrogens is 302 g/mol. The summed E-state index contributed by atoms with van der Waals surface area (Å²) in [7, 11) is 0. The average molecular weight is 327 g/mol. The Bertz CT molecular complexity index is 648. The van der Waals surface area contributed by atoms with E-state index in [-0.39, 0.29) is 18.4 Å². The molecule has 1 aromatic heterocycles. The first-order valence-electron chi connectivity index (χ1n) is 8.70. The number of nitrogens with zero attached hydrogens (tertiary/aromatic N) is 2. The van der Waals surface area contributed by atoms with Gasteiger partial charge in [-0.25, -0.2) is 0 Å². The summed E-state index contributed by atoms with van der Waals surface area (Å²) < 4.78 is 5.12. The highest BCUT2D eigenvalue weighted by molar-refractivity contribution is 5.77. The van der Waals surface area contributed by atoms with Gasteiger partial charge in [-0.1, -0.05) is 41.9 Å². The first kappa shape index (κ1) is 16.7. The molecule has 128 valence electrons. The van der Waals surface area contributed by atoms with Gasteiger partial charge in [0.05, 0.1) is 18.2 Å². The van der Waals surface area contributed by atoms with Crippen LogP contribution in [0.15, 0.2) is 40.9 Å². The highest BCUT2D eigenvalue weighted by atomic mass is 16.5. The van der Waals surface area contributed by atoms with Crippen molar-refractivity contribution in [1.82, 2.24) is 15.4 Å². The molecule has 0 unspecified atom stereocenters. The third-order valence-electron chi connectivity index (χ3n) is 4.52. The third kappa shape index (κ3) is 4.45. The summed E-state index contributed by atoms with van der Waals surface area (Å²) in [5.41, 5.74) is 2.06. The monoisotopic (exact) mass is 327 g/mol. The lowest BCUT2D eigenvalue weighted by Gasteiger charge is -2.35. The molecule has 0 radical (unpaired) electrons. The maximum absolute atomic E-state index is 12.2. The van der Waals surface area contributed by atoms with Crippen LogP contribution in [0.5, 0.6) is 0 Å². The summed E-state index contributed by atoms with van der Waals surface area (Å²) in [4.78, 5) is 14.7. The molecule has 5 nitrogen and oxygen atoms in total. The van der Waals surface area contributed by atoms with Crippen molar-refractivity contribution in [3.63, 3.8) is 0 Å². The zero-order chi connectivity index (χ0) is 16.8. The number of aryl methyl sites for hydroxylation is 1. The van der Waals surface area contributed by atoms with Crippen LogP contribution in [0, 0.1) is 6.92 Å². The molecule has 1 fully saturated rings. The largest absolute Gasteiger partial charge is 0.361 e. The molecule has 3 rings (SSSR count). The fraction of sp³-hybridized carbons (Fsp3) is 0.474. The molecule has 1 aromatic carbocycles. The normalized spacial score (nSPS) is 16.7. The van der Waals surface area contributed by atoms with Gasteiger partial charge in [-0.2, -0.15) is 0 Å². The summed E-state index contributed by atoms with van der Waals surface area (Å²) in [6, 6.07) is 12.5. The molecule has 2 aromatic rings. The van der Waals surface area contributed by atoms with Crippen LogP contribution >= 0.6 is 0 Å². The molecule has 1 aliphatic rings. The van der Waals surface area contributed by atoms with Crippen molar-refractivity contribution in [2.24, 2.45) is 0 Å². The van der Waals surface area contributed by atoms with E-state index in [1.54, 1.807) is 6.07 Å². The summed E-state index contributed by atoms with van der Waals surface area (Å²) in [5.74, 6) is 0.586. The summed E-state index contributed by atoms with van der Waals surface area (Å²) in [6.07, 6.45) is 4.00. The van der Waals surface area contributed by atoms with Crippen LogP contribution in [0.2, 0.25) is 0 Å². The van der Waals surface area contributed by atoms with Gasteiger partial charge < -0.3 is 9.84 Å². The van der Waals surface area contributed by atoms with E-state index in [2.05, 4.69) is 39.6 Å². The summed E-state index contributed by atoms with van der Waals surface area (Å²) in [6.45, 7) is 4.66. The minimum Gasteiger partial charge on any atom is -0.361 e. The number of carbonyl (C=O) groups excluding carboxylic acids is 1. The lowest BCUT2D eigenvalue weighted by molar-refractivity contribution is -0.121.